The lowest BCUT2D eigenvalue weighted by atomic mass is 9.82. The summed E-state index contributed by atoms with van der Waals surface area (Å²) in [6.45, 7) is 4.54. The Balaban J connectivity index is 1.16. The van der Waals surface area contributed by atoms with Crippen LogP contribution in [0.15, 0.2) is 140 Å². The van der Waals surface area contributed by atoms with E-state index in [1.165, 1.54) is 16.7 Å². The maximum Gasteiger partial charge on any atom is 0.178 e. The average molecular weight is 608 g/mol. The third kappa shape index (κ3) is 4.43. The highest BCUT2D eigenvalue weighted by Gasteiger charge is 2.39. The van der Waals surface area contributed by atoms with Gasteiger partial charge in [0.05, 0.1) is 17.1 Å². The van der Waals surface area contributed by atoms with Crippen LogP contribution in [-0.4, -0.2) is 15.0 Å². The van der Waals surface area contributed by atoms with Crippen LogP contribution in [-0.2, 0) is 5.41 Å². The number of benzene rings is 5. The van der Waals surface area contributed by atoms with E-state index < -0.39 is 0 Å². The summed E-state index contributed by atoms with van der Waals surface area (Å²) in [5, 5.41) is 0. The van der Waals surface area contributed by atoms with Gasteiger partial charge in [-0.1, -0.05) is 111 Å². The van der Waals surface area contributed by atoms with Gasteiger partial charge < -0.3 is 9.47 Å². The molecule has 2 aliphatic rings. The Morgan fingerprint density at radius 3 is 2.04 bits per heavy atom. The minimum Gasteiger partial charge on any atom is -0.449 e. The molecule has 0 saturated heterocycles. The van der Waals surface area contributed by atoms with Crippen LogP contribution < -0.4 is 9.47 Å². The Kier molecular flexibility index (Phi) is 6.09. The zero-order valence-corrected chi connectivity index (χ0v) is 25.9. The molecular weight excluding hydrogens is 578 g/mol. The molecule has 7 aromatic rings. The van der Waals surface area contributed by atoms with E-state index in [4.69, 9.17) is 19.4 Å². The molecule has 47 heavy (non-hydrogen) atoms. The molecule has 9 rings (SSSR count). The molecule has 1 aliphatic carbocycles. The van der Waals surface area contributed by atoms with E-state index in [-0.39, 0.29) is 5.41 Å². The Hall–Kier alpha value is -6.07. The van der Waals surface area contributed by atoms with Gasteiger partial charge in [-0.2, -0.15) is 0 Å². The van der Waals surface area contributed by atoms with Crippen LogP contribution in [0.4, 0.5) is 0 Å². The van der Waals surface area contributed by atoms with Crippen molar-refractivity contribution in [1.82, 2.24) is 15.0 Å². The van der Waals surface area contributed by atoms with Crippen LogP contribution >= 0.6 is 0 Å². The fraction of sp³-hybridized carbons (Fsp3) is 0.0714. The molecule has 5 heteroatoms. The number of nitrogens with zero attached hydrogens (tertiary/aromatic N) is 3. The molecule has 0 unspecified atom stereocenters. The van der Waals surface area contributed by atoms with Crippen LogP contribution in [0.3, 0.4) is 0 Å². The lowest BCUT2D eigenvalue weighted by Crippen LogP contribution is -2.15. The van der Waals surface area contributed by atoms with Gasteiger partial charge in [-0.05, 0) is 64.2 Å². The fourth-order valence-electron chi connectivity index (χ4n) is 6.89. The van der Waals surface area contributed by atoms with E-state index >= 15 is 0 Å². The van der Waals surface area contributed by atoms with Crippen molar-refractivity contribution in [3.63, 3.8) is 0 Å². The van der Waals surface area contributed by atoms with Gasteiger partial charge in [0.25, 0.3) is 0 Å². The number of hydrogen-bond donors (Lipinski definition) is 0. The molecule has 0 bridgehead atoms. The molecule has 0 atom stereocenters. The number of hydrogen-bond acceptors (Lipinski definition) is 5. The maximum absolute atomic E-state index is 6.77. The van der Waals surface area contributed by atoms with Crippen molar-refractivity contribution < 1.29 is 9.47 Å². The predicted molar refractivity (Wildman–Crippen MR) is 186 cm³/mol. The normalized spacial score (nSPS) is 13.4. The highest BCUT2D eigenvalue weighted by atomic mass is 16.6. The molecule has 1 aliphatic heterocycles. The van der Waals surface area contributed by atoms with Crippen molar-refractivity contribution in [3.8, 4) is 79.3 Å². The highest BCUT2D eigenvalue weighted by molar-refractivity contribution is 5.89. The van der Waals surface area contributed by atoms with E-state index in [1.54, 1.807) is 6.20 Å². The lowest BCUT2D eigenvalue weighted by Gasteiger charge is -2.25. The van der Waals surface area contributed by atoms with Crippen molar-refractivity contribution >= 4 is 0 Å². The predicted octanol–water partition coefficient (Wildman–Crippen LogP) is 10.7. The van der Waals surface area contributed by atoms with Gasteiger partial charge in [-0.25, -0.2) is 9.97 Å². The molecule has 5 nitrogen and oxygen atoms in total. The summed E-state index contributed by atoms with van der Waals surface area (Å²) in [7, 11) is 0. The van der Waals surface area contributed by atoms with Crippen molar-refractivity contribution in [3.05, 3.63) is 151 Å². The molecule has 3 heterocycles. The maximum atomic E-state index is 6.77. The first-order chi connectivity index (χ1) is 23.0. The van der Waals surface area contributed by atoms with Gasteiger partial charge in [-0.3, -0.25) is 4.98 Å². The molecule has 0 fully saturated rings. The van der Waals surface area contributed by atoms with Gasteiger partial charge in [0, 0.05) is 28.3 Å². The van der Waals surface area contributed by atoms with Crippen molar-refractivity contribution in [1.29, 1.82) is 0 Å². The van der Waals surface area contributed by atoms with E-state index in [1.807, 2.05) is 66.7 Å². The zero-order chi connectivity index (χ0) is 31.5. The first kappa shape index (κ1) is 27.3. The number of pyridine rings is 1. The van der Waals surface area contributed by atoms with E-state index in [2.05, 4.69) is 85.6 Å². The Morgan fingerprint density at radius 2 is 1.21 bits per heavy atom. The zero-order valence-electron chi connectivity index (χ0n) is 25.9. The summed E-state index contributed by atoms with van der Waals surface area (Å²) in [5.74, 6) is 3.47. The summed E-state index contributed by atoms with van der Waals surface area (Å²) in [4.78, 5) is 14.7. The molecule has 0 radical (unpaired) electrons. The SMILES string of the molecule is CC1(C)c2ccccc2-c2c1ccc1c2Oc2cc(-c3ccccc3-c3nc(-c4ccccc4)cc(-c4ccccn4)n3)ccc2O1. The number of ether oxygens (including phenoxy) is 2. The van der Waals surface area contributed by atoms with Crippen LogP contribution in [0, 0.1) is 0 Å². The van der Waals surface area contributed by atoms with E-state index in [0.717, 1.165) is 56.4 Å². The van der Waals surface area contributed by atoms with Crippen LogP contribution in [0.1, 0.15) is 25.0 Å². The molecule has 0 amide bonds. The number of aromatic nitrogens is 3. The quantitative estimate of drug-likeness (QED) is 0.199. The second-order valence-corrected chi connectivity index (χ2v) is 12.4. The number of fused-ring (bicyclic) bond motifs is 6. The van der Waals surface area contributed by atoms with E-state index in [9.17, 15) is 0 Å². The topological polar surface area (TPSA) is 57.1 Å². The van der Waals surface area contributed by atoms with Crippen molar-refractivity contribution in [2.24, 2.45) is 0 Å². The average Bonchev–Trinajstić information content (AvgIpc) is 3.37. The molecule has 0 N–H and O–H groups in total. The monoisotopic (exact) mass is 607 g/mol. The second kappa shape index (κ2) is 10.5. The summed E-state index contributed by atoms with van der Waals surface area (Å²) >= 11 is 0. The van der Waals surface area contributed by atoms with Crippen LogP contribution in [0.2, 0.25) is 0 Å². The number of rotatable bonds is 4. The van der Waals surface area contributed by atoms with Crippen LogP contribution in [0.5, 0.6) is 23.0 Å². The molecule has 0 saturated carbocycles. The Bertz CT molecular complexity index is 2270. The first-order valence-electron chi connectivity index (χ1n) is 15.8. The lowest BCUT2D eigenvalue weighted by molar-refractivity contribution is 0.360. The van der Waals surface area contributed by atoms with E-state index in [0.29, 0.717) is 17.3 Å². The van der Waals surface area contributed by atoms with Gasteiger partial charge in [0.1, 0.15) is 0 Å². The van der Waals surface area contributed by atoms with Crippen molar-refractivity contribution in [2.75, 3.05) is 0 Å². The standard InChI is InChI=1S/C42H29N3O2/c1-42(2)31-17-9-8-16-30(31)39-32(42)20-22-37-40(39)47-38-24-27(19-21-36(38)46-37)28-14-6-7-15-29(28)41-44-34(26-12-4-3-5-13-26)25-35(45-41)33-18-10-11-23-43-33/h3-25H,1-2H3. The summed E-state index contributed by atoms with van der Waals surface area (Å²) in [6, 6.07) is 45.2. The van der Waals surface area contributed by atoms with Crippen molar-refractivity contribution in [2.45, 2.75) is 19.3 Å². The van der Waals surface area contributed by atoms with Gasteiger partial charge >= 0.3 is 0 Å². The summed E-state index contributed by atoms with van der Waals surface area (Å²) in [6.07, 6.45) is 1.79. The highest BCUT2D eigenvalue weighted by Crippen LogP contribution is 2.58. The molecule has 2 aromatic heterocycles. The molecular formula is C42H29N3O2. The second-order valence-electron chi connectivity index (χ2n) is 12.4. The minimum atomic E-state index is -0.131. The smallest absolute Gasteiger partial charge is 0.178 e. The fourth-order valence-corrected chi connectivity index (χ4v) is 6.89. The first-order valence-corrected chi connectivity index (χ1v) is 15.8. The largest absolute Gasteiger partial charge is 0.449 e. The Morgan fingerprint density at radius 1 is 0.489 bits per heavy atom. The van der Waals surface area contributed by atoms with Gasteiger partial charge in [-0.15, -0.1) is 0 Å². The van der Waals surface area contributed by atoms with Gasteiger partial charge in [0.2, 0.25) is 0 Å². The van der Waals surface area contributed by atoms with Gasteiger partial charge in [0.15, 0.2) is 28.8 Å². The Labute approximate surface area is 273 Å². The van der Waals surface area contributed by atoms with Crippen LogP contribution in [0.25, 0.3) is 56.3 Å². The third-order valence-corrected chi connectivity index (χ3v) is 9.24. The third-order valence-electron chi connectivity index (χ3n) is 9.24. The minimum absolute atomic E-state index is 0.131. The molecule has 5 aromatic carbocycles. The molecule has 0 spiro atoms. The molecule has 224 valence electrons. The summed E-state index contributed by atoms with van der Waals surface area (Å²) < 4.78 is 13.2. The summed E-state index contributed by atoms with van der Waals surface area (Å²) in [5.41, 5.74) is 11.0.